The van der Waals surface area contributed by atoms with E-state index in [2.05, 4.69) is 45.5 Å². The smallest absolute Gasteiger partial charge is 0.124 e. The van der Waals surface area contributed by atoms with Crippen LogP contribution in [0.3, 0.4) is 0 Å². The molecule has 0 aliphatic carbocycles. The van der Waals surface area contributed by atoms with Gasteiger partial charge < -0.3 is 4.98 Å². The average molecular weight is 331 g/mol. The van der Waals surface area contributed by atoms with Gasteiger partial charge in [0.05, 0.1) is 28.9 Å². The Bertz CT molecular complexity index is 678. The van der Waals surface area contributed by atoms with E-state index in [1.165, 1.54) is 5.56 Å². The number of aromatic amines is 1. The van der Waals surface area contributed by atoms with Gasteiger partial charge in [-0.25, -0.2) is 13.5 Å². The largest absolute Gasteiger partial charge is 0.341 e. The fourth-order valence-corrected chi connectivity index (χ4v) is 4.36. The molecule has 2 atom stereocenters. The fourth-order valence-electron chi connectivity index (χ4n) is 3.05. The number of hydrogen-bond donors (Lipinski definition) is 1. The Labute approximate surface area is 140 Å². The molecule has 0 saturated carbocycles. The third-order valence-corrected chi connectivity index (χ3v) is 6.07. The molecule has 1 N–H and O–H groups in total. The van der Waals surface area contributed by atoms with Crippen LogP contribution in [0.1, 0.15) is 50.5 Å². The second-order valence-electron chi connectivity index (χ2n) is 6.53. The van der Waals surface area contributed by atoms with E-state index >= 15 is 0 Å². The van der Waals surface area contributed by atoms with Crippen LogP contribution in [-0.2, 0) is 11.0 Å². The van der Waals surface area contributed by atoms with E-state index in [4.69, 9.17) is 0 Å². The van der Waals surface area contributed by atoms with Gasteiger partial charge in [0.1, 0.15) is 5.82 Å². The van der Waals surface area contributed by atoms with Gasteiger partial charge in [0.15, 0.2) is 0 Å². The first-order chi connectivity index (χ1) is 11.1. The van der Waals surface area contributed by atoms with Gasteiger partial charge in [-0.2, -0.15) is 0 Å². The highest BCUT2D eigenvalue weighted by Crippen LogP contribution is 2.32. The standard InChI is InChI=1S/C18H25N3OS/c1-13(2)23(22)21-11-5-4-6-17(21)18-19-12-16(20-18)15-9-7-14(3)8-10-15/h7-10,12-13,17H,4-6,11H2,1-3H3,(H,19,20). The Kier molecular flexibility index (Phi) is 4.97. The van der Waals surface area contributed by atoms with Gasteiger partial charge in [0.2, 0.25) is 0 Å². The molecule has 1 fully saturated rings. The van der Waals surface area contributed by atoms with E-state index in [1.54, 1.807) is 0 Å². The lowest BCUT2D eigenvalue weighted by molar-refractivity contribution is 0.258. The van der Waals surface area contributed by atoms with Crippen LogP contribution < -0.4 is 0 Å². The Morgan fingerprint density at radius 1 is 1.26 bits per heavy atom. The van der Waals surface area contributed by atoms with Gasteiger partial charge in [-0.3, -0.25) is 0 Å². The summed E-state index contributed by atoms with van der Waals surface area (Å²) in [4.78, 5) is 8.05. The molecule has 0 bridgehead atoms. The summed E-state index contributed by atoms with van der Waals surface area (Å²) in [6, 6.07) is 8.56. The molecular formula is C18H25N3OS. The molecule has 2 aromatic rings. The van der Waals surface area contributed by atoms with Crippen LogP contribution in [0.25, 0.3) is 11.3 Å². The molecule has 124 valence electrons. The molecule has 0 radical (unpaired) electrons. The summed E-state index contributed by atoms with van der Waals surface area (Å²) in [6.45, 7) is 7.00. The lowest BCUT2D eigenvalue weighted by Gasteiger charge is -2.34. The zero-order valence-electron chi connectivity index (χ0n) is 14.1. The Morgan fingerprint density at radius 2 is 2.00 bits per heavy atom. The first kappa shape index (κ1) is 16.4. The van der Waals surface area contributed by atoms with E-state index in [0.29, 0.717) is 0 Å². The Hall–Kier alpha value is -1.46. The minimum Gasteiger partial charge on any atom is -0.341 e. The highest BCUT2D eigenvalue weighted by Gasteiger charge is 2.31. The van der Waals surface area contributed by atoms with Crippen molar-refractivity contribution in [3.05, 3.63) is 41.9 Å². The summed E-state index contributed by atoms with van der Waals surface area (Å²) in [5.41, 5.74) is 3.42. The minimum absolute atomic E-state index is 0.131. The van der Waals surface area contributed by atoms with Crippen LogP contribution in [0.5, 0.6) is 0 Å². The molecule has 5 heteroatoms. The first-order valence-electron chi connectivity index (χ1n) is 8.35. The van der Waals surface area contributed by atoms with Crippen molar-refractivity contribution in [2.24, 2.45) is 0 Å². The van der Waals surface area contributed by atoms with E-state index < -0.39 is 11.0 Å². The SMILES string of the molecule is Cc1ccc(-c2cnc(C3CCCCN3S(=O)C(C)C)[nH]2)cc1. The molecule has 1 aliphatic rings. The quantitative estimate of drug-likeness (QED) is 0.921. The number of nitrogens with one attached hydrogen (secondary N) is 1. The maximum atomic E-state index is 12.6. The van der Waals surface area contributed by atoms with E-state index in [9.17, 15) is 4.21 Å². The summed E-state index contributed by atoms with van der Waals surface area (Å²) in [6.07, 6.45) is 5.18. The lowest BCUT2D eigenvalue weighted by Crippen LogP contribution is -2.38. The molecule has 2 unspecified atom stereocenters. The van der Waals surface area contributed by atoms with Crippen molar-refractivity contribution >= 4 is 11.0 Å². The number of benzene rings is 1. The first-order valence-corrected chi connectivity index (χ1v) is 9.52. The number of hydrogen-bond acceptors (Lipinski definition) is 2. The maximum Gasteiger partial charge on any atom is 0.124 e. The summed E-state index contributed by atoms with van der Waals surface area (Å²) in [7, 11) is -0.954. The number of imidazole rings is 1. The molecular weight excluding hydrogens is 306 g/mol. The molecule has 0 amide bonds. The highest BCUT2D eigenvalue weighted by molar-refractivity contribution is 7.83. The molecule has 4 nitrogen and oxygen atoms in total. The molecule has 3 rings (SSSR count). The van der Waals surface area contributed by atoms with Gasteiger partial charge in [0.25, 0.3) is 0 Å². The van der Waals surface area contributed by atoms with Gasteiger partial charge in [0, 0.05) is 11.8 Å². The average Bonchev–Trinajstić information content (AvgIpc) is 3.04. The lowest BCUT2D eigenvalue weighted by atomic mass is 10.0. The number of aryl methyl sites for hydroxylation is 1. The molecule has 1 aromatic carbocycles. The summed E-state index contributed by atoms with van der Waals surface area (Å²) in [5.74, 6) is 0.939. The van der Waals surface area contributed by atoms with Crippen molar-refractivity contribution in [1.29, 1.82) is 0 Å². The number of aromatic nitrogens is 2. The second kappa shape index (κ2) is 6.97. The van der Waals surface area contributed by atoms with Crippen LogP contribution in [0, 0.1) is 6.92 Å². The van der Waals surface area contributed by atoms with Gasteiger partial charge >= 0.3 is 0 Å². The van der Waals surface area contributed by atoms with Crippen molar-refractivity contribution in [3.8, 4) is 11.3 Å². The summed E-state index contributed by atoms with van der Waals surface area (Å²) in [5, 5.41) is 0.141. The Balaban J connectivity index is 1.85. The second-order valence-corrected chi connectivity index (χ2v) is 8.49. The molecule has 0 spiro atoms. The molecule has 1 aromatic heterocycles. The van der Waals surface area contributed by atoms with E-state index in [-0.39, 0.29) is 11.3 Å². The van der Waals surface area contributed by atoms with E-state index in [1.807, 2.05) is 20.0 Å². The van der Waals surface area contributed by atoms with Crippen LogP contribution in [0.15, 0.2) is 30.5 Å². The van der Waals surface area contributed by atoms with Gasteiger partial charge in [-0.15, -0.1) is 0 Å². The third-order valence-electron chi connectivity index (χ3n) is 4.36. The molecule has 2 heterocycles. The minimum atomic E-state index is -0.954. The topological polar surface area (TPSA) is 49.0 Å². The summed E-state index contributed by atoms with van der Waals surface area (Å²) < 4.78 is 14.7. The van der Waals surface area contributed by atoms with Crippen LogP contribution >= 0.6 is 0 Å². The van der Waals surface area contributed by atoms with Crippen molar-refractivity contribution in [1.82, 2.24) is 14.3 Å². The fraction of sp³-hybridized carbons (Fsp3) is 0.500. The highest BCUT2D eigenvalue weighted by atomic mass is 32.2. The molecule has 23 heavy (non-hydrogen) atoms. The van der Waals surface area contributed by atoms with Crippen molar-refractivity contribution in [2.45, 2.75) is 51.3 Å². The normalized spacial score (nSPS) is 20.8. The molecule has 1 aliphatic heterocycles. The number of nitrogens with zero attached hydrogens (tertiary/aromatic N) is 2. The van der Waals surface area contributed by atoms with E-state index in [0.717, 1.165) is 42.9 Å². The number of H-pyrrole nitrogens is 1. The summed E-state index contributed by atoms with van der Waals surface area (Å²) >= 11 is 0. The predicted octanol–water partition coefficient (Wildman–Crippen LogP) is 3.98. The monoisotopic (exact) mass is 331 g/mol. The predicted molar refractivity (Wildman–Crippen MR) is 95.3 cm³/mol. The number of piperidine rings is 1. The molecule has 1 saturated heterocycles. The maximum absolute atomic E-state index is 12.6. The number of rotatable bonds is 4. The van der Waals surface area contributed by atoms with Crippen molar-refractivity contribution in [3.63, 3.8) is 0 Å². The third kappa shape index (κ3) is 3.56. The van der Waals surface area contributed by atoms with Crippen LogP contribution in [-0.4, -0.2) is 30.3 Å². The van der Waals surface area contributed by atoms with Crippen LogP contribution in [0.4, 0.5) is 0 Å². The van der Waals surface area contributed by atoms with Crippen LogP contribution in [0.2, 0.25) is 0 Å². The van der Waals surface area contributed by atoms with Gasteiger partial charge in [-0.1, -0.05) is 36.2 Å². The zero-order valence-corrected chi connectivity index (χ0v) is 14.9. The van der Waals surface area contributed by atoms with Crippen molar-refractivity contribution in [2.75, 3.05) is 6.54 Å². The Morgan fingerprint density at radius 3 is 2.70 bits per heavy atom. The van der Waals surface area contributed by atoms with Gasteiger partial charge in [-0.05, 0) is 39.2 Å². The van der Waals surface area contributed by atoms with Crippen molar-refractivity contribution < 1.29 is 4.21 Å². The zero-order chi connectivity index (χ0) is 16.4.